The lowest BCUT2D eigenvalue weighted by Gasteiger charge is -2.28. The lowest BCUT2D eigenvalue weighted by atomic mass is 9.94. The fraction of sp³-hybridized carbons (Fsp3) is 0.435. The van der Waals surface area contributed by atoms with E-state index < -0.39 is 37.2 Å². The fourth-order valence-electron chi connectivity index (χ4n) is 3.63. The second-order valence-electron chi connectivity index (χ2n) is 7.85. The second kappa shape index (κ2) is 12.2. The van der Waals surface area contributed by atoms with E-state index in [2.05, 4.69) is 5.32 Å². The minimum atomic E-state index is -1.20. The van der Waals surface area contributed by atoms with E-state index in [0.29, 0.717) is 33.1 Å². The van der Waals surface area contributed by atoms with Crippen molar-refractivity contribution in [1.29, 1.82) is 0 Å². The first-order chi connectivity index (χ1) is 15.7. The van der Waals surface area contributed by atoms with Gasteiger partial charge in [-0.1, -0.05) is 17.7 Å². The largest absolute Gasteiger partial charge is 0.496 e. The molecule has 0 aliphatic rings. The van der Waals surface area contributed by atoms with Crippen molar-refractivity contribution >= 4 is 23.3 Å². The molecule has 6 N–H and O–H groups in total. The average molecular weight is 483 g/mol. The van der Waals surface area contributed by atoms with E-state index in [1.165, 1.54) is 13.2 Å². The molecule has 2 aromatic rings. The Kier molecular flexibility index (Phi) is 9.90. The molecule has 9 nitrogen and oxygen atoms in total. The van der Waals surface area contributed by atoms with Gasteiger partial charge in [-0.25, -0.2) is 4.79 Å². The number of carbonyl (C=O) groups is 1. The van der Waals surface area contributed by atoms with Crippen molar-refractivity contribution in [1.82, 2.24) is 5.32 Å². The Morgan fingerprint density at radius 1 is 1.12 bits per heavy atom. The molecule has 0 aliphatic carbocycles. The molecule has 3 atom stereocenters. The molecule has 0 aromatic heterocycles. The molecule has 0 fully saturated rings. The van der Waals surface area contributed by atoms with Gasteiger partial charge < -0.3 is 40.5 Å². The topological polar surface area (TPSA) is 143 Å². The lowest BCUT2D eigenvalue weighted by molar-refractivity contribution is -0.00407. The summed E-state index contributed by atoms with van der Waals surface area (Å²) in [6.45, 7) is -1.17. The molecule has 0 amide bonds. The maximum Gasteiger partial charge on any atom is 0.335 e. The molecule has 0 spiro atoms. The number of aliphatic hydroxyl groups is 4. The first-order valence-corrected chi connectivity index (χ1v) is 10.7. The van der Waals surface area contributed by atoms with Crippen LogP contribution in [-0.4, -0.2) is 84.7 Å². The summed E-state index contributed by atoms with van der Waals surface area (Å²) in [4.78, 5) is 13.5. The SMILES string of the molecule is COc1c(CNC(CO)C(CO)C(O)CO)ccc(Cl)c1-c1cc(C(=O)O)cc(N(C)C)c1. The van der Waals surface area contributed by atoms with Crippen molar-refractivity contribution in [2.75, 3.05) is 45.9 Å². The molecule has 0 saturated heterocycles. The number of hydrogen-bond acceptors (Lipinski definition) is 8. The van der Waals surface area contributed by atoms with Gasteiger partial charge in [0.1, 0.15) is 5.75 Å². The van der Waals surface area contributed by atoms with Crippen LogP contribution < -0.4 is 15.0 Å². The van der Waals surface area contributed by atoms with Crippen molar-refractivity contribution in [2.24, 2.45) is 5.92 Å². The number of hydrogen-bond donors (Lipinski definition) is 6. The Balaban J connectivity index is 2.50. The van der Waals surface area contributed by atoms with E-state index >= 15 is 0 Å². The zero-order valence-corrected chi connectivity index (χ0v) is 19.6. The van der Waals surface area contributed by atoms with Crippen LogP contribution in [0.5, 0.6) is 5.75 Å². The van der Waals surface area contributed by atoms with Gasteiger partial charge in [0, 0.05) is 49.4 Å². The summed E-state index contributed by atoms with van der Waals surface area (Å²) in [5, 5.41) is 51.5. The highest BCUT2D eigenvalue weighted by molar-refractivity contribution is 6.33. The maximum atomic E-state index is 11.7. The van der Waals surface area contributed by atoms with Gasteiger partial charge in [-0.2, -0.15) is 0 Å². The number of halogens is 1. The predicted octanol–water partition coefficient (Wildman–Crippen LogP) is 1.19. The van der Waals surface area contributed by atoms with Crippen LogP contribution in [0.2, 0.25) is 5.02 Å². The summed E-state index contributed by atoms with van der Waals surface area (Å²) >= 11 is 6.51. The van der Waals surface area contributed by atoms with Crippen molar-refractivity contribution in [3.05, 3.63) is 46.5 Å². The number of anilines is 1. The maximum absolute atomic E-state index is 11.7. The number of aliphatic hydroxyl groups excluding tert-OH is 4. The molecular weight excluding hydrogens is 452 g/mol. The van der Waals surface area contributed by atoms with Gasteiger partial charge >= 0.3 is 5.97 Å². The van der Waals surface area contributed by atoms with Crippen LogP contribution in [0.15, 0.2) is 30.3 Å². The van der Waals surface area contributed by atoms with E-state index in [4.69, 9.17) is 16.3 Å². The molecule has 0 aliphatic heterocycles. The van der Waals surface area contributed by atoms with Gasteiger partial charge in [0.05, 0.1) is 43.6 Å². The number of carboxylic acid groups (broad SMARTS) is 1. The van der Waals surface area contributed by atoms with Crippen molar-refractivity contribution in [3.63, 3.8) is 0 Å². The van der Waals surface area contributed by atoms with Gasteiger partial charge in [-0.05, 0) is 29.8 Å². The third-order valence-corrected chi connectivity index (χ3v) is 5.84. The number of carboxylic acids is 1. The Labute approximate surface area is 197 Å². The number of aromatic carboxylic acids is 1. The smallest absolute Gasteiger partial charge is 0.335 e. The van der Waals surface area contributed by atoms with Crippen LogP contribution in [0.3, 0.4) is 0 Å². The quantitative estimate of drug-likeness (QED) is 0.263. The van der Waals surface area contributed by atoms with E-state index in [9.17, 15) is 30.3 Å². The number of ether oxygens (including phenoxy) is 1. The molecule has 33 heavy (non-hydrogen) atoms. The Hall–Kier alpha value is -2.40. The highest BCUT2D eigenvalue weighted by Gasteiger charge is 2.27. The Morgan fingerprint density at radius 3 is 2.33 bits per heavy atom. The standard InChI is InChI=1S/C23H31ClN2O7/c1-26(2)16-7-14(6-15(8-16)23(31)32)21-18(24)5-4-13(22(21)33-3)9-25-19(11-28)17(10-27)20(30)12-29/h4-8,17,19-20,25,27-30H,9-12H2,1-3H3,(H,31,32). The lowest BCUT2D eigenvalue weighted by Crippen LogP contribution is -2.47. The monoisotopic (exact) mass is 482 g/mol. The van der Waals surface area contributed by atoms with Crippen LogP contribution in [-0.2, 0) is 6.54 Å². The third-order valence-electron chi connectivity index (χ3n) is 5.52. The zero-order valence-electron chi connectivity index (χ0n) is 18.8. The summed E-state index contributed by atoms with van der Waals surface area (Å²) in [6, 6.07) is 7.59. The van der Waals surface area contributed by atoms with Crippen LogP contribution in [0, 0.1) is 5.92 Å². The molecular formula is C23H31ClN2O7. The number of methoxy groups -OCH3 is 1. The van der Waals surface area contributed by atoms with E-state index in [1.54, 1.807) is 37.2 Å². The highest BCUT2D eigenvalue weighted by Crippen LogP contribution is 2.41. The third kappa shape index (κ3) is 6.35. The molecule has 0 bridgehead atoms. The minimum absolute atomic E-state index is 0.0990. The molecule has 182 valence electrons. The van der Waals surface area contributed by atoms with Crippen LogP contribution in [0.4, 0.5) is 5.69 Å². The molecule has 10 heteroatoms. The fourth-order valence-corrected chi connectivity index (χ4v) is 3.88. The number of nitrogens with zero attached hydrogens (tertiary/aromatic N) is 1. The zero-order chi connectivity index (χ0) is 24.7. The van der Waals surface area contributed by atoms with Crippen LogP contribution >= 0.6 is 11.6 Å². The van der Waals surface area contributed by atoms with Crippen molar-refractivity contribution in [2.45, 2.75) is 18.7 Å². The molecule has 2 aromatic carbocycles. The summed E-state index contributed by atoms with van der Waals surface area (Å²) in [5.41, 5.74) is 2.51. The average Bonchev–Trinajstić information content (AvgIpc) is 2.81. The second-order valence-corrected chi connectivity index (χ2v) is 8.26. The Morgan fingerprint density at radius 2 is 1.82 bits per heavy atom. The predicted molar refractivity (Wildman–Crippen MR) is 126 cm³/mol. The first-order valence-electron chi connectivity index (χ1n) is 10.3. The molecule has 2 rings (SSSR count). The van der Waals surface area contributed by atoms with E-state index in [-0.39, 0.29) is 18.7 Å². The minimum Gasteiger partial charge on any atom is -0.496 e. The summed E-state index contributed by atoms with van der Waals surface area (Å²) < 4.78 is 5.65. The van der Waals surface area contributed by atoms with E-state index in [0.717, 1.165) is 0 Å². The van der Waals surface area contributed by atoms with Gasteiger partial charge in [0.2, 0.25) is 0 Å². The van der Waals surface area contributed by atoms with Crippen LogP contribution in [0.25, 0.3) is 11.1 Å². The van der Waals surface area contributed by atoms with E-state index in [1.807, 2.05) is 6.07 Å². The number of rotatable bonds is 12. The number of benzene rings is 2. The van der Waals surface area contributed by atoms with Gasteiger partial charge in [0.25, 0.3) is 0 Å². The molecule has 3 unspecified atom stereocenters. The molecule has 0 heterocycles. The highest BCUT2D eigenvalue weighted by atomic mass is 35.5. The van der Waals surface area contributed by atoms with Crippen molar-refractivity contribution < 1.29 is 35.1 Å². The Bertz CT molecular complexity index is 955. The van der Waals surface area contributed by atoms with Gasteiger partial charge in [-0.3, -0.25) is 0 Å². The normalized spacial score (nSPS) is 13.9. The first kappa shape index (κ1) is 26.8. The summed E-state index contributed by atoms with van der Waals surface area (Å²) in [5.74, 6) is -1.44. The summed E-state index contributed by atoms with van der Waals surface area (Å²) in [7, 11) is 5.08. The van der Waals surface area contributed by atoms with Gasteiger partial charge in [-0.15, -0.1) is 0 Å². The van der Waals surface area contributed by atoms with Gasteiger partial charge in [0.15, 0.2) is 0 Å². The van der Waals surface area contributed by atoms with Crippen LogP contribution in [0.1, 0.15) is 15.9 Å². The summed E-state index contributed by atoms with van der Waals surface area (Å²) in [6.07, 6.45) is -1.20. The number of nitrogens with one attached hydrogen (secondary N) is 1. The molecule has 0 saturated carbocycles. The van der Waals surface area contributed by atoms with Crippen molar-refractivity contribution in [3.8, 4) is 16.9 Å². The molecule has 0 radical (unpaired) electrons.